The van der Waals surface area contributed by atoms with Gasteiger partial charge in [-0.3, -0.25) is 9.69 Å². The minimum Gasteiger partial charge on any atom is -0.495 e. The van der Waals surface area contributed by atoms with Crippen LogP contribution in [0.3, 0.4) is 0 Å². The Kier molecular flexibility index (Phi) is 5.04. The van der Waals surface area contributed by atoms with Crippen LogP contribution in [-0.2, 0) is 14.6 Å². The summed E-state index contributed by atoms with van der Waals surface area (Å²) in [6.07, 6.45) is 0.646. The largest absolute Gasteiger partial charge is 0.495 e. The Hall–Kier alpha value is -3.07. The van der Waals surface area contributed by atoms with E-state index in [1.807, 2.05) is 0 Å². The van der Waals surface area contributed by atoms with Crippen LogP contribution in [0.15, 0.2) is 47.4 Å². The van der Waals surface area contributed by atoms with Crippen LogP contribution >= 0.6 is 0 Å². The summed E-state index contributed by atoms with van der Waals surface area (Å²) >= 11 is 0. The highest BCUT2D eigenvalue weighted by atomic mass is 32.2. The van der Waals surface area contributed by atoms with E-state index in [0.29, 0.717) is 24.5 Å². The number of cyclic esters (lactones) is 1. The van der Waals surface area contributed by atoms with E-state index in [2.05, 4.69) is 5.32 Å². The van der Waals surface area contributed by atoms with Gasteiger partial charge >= 0.3 is 6.09 Å². The molecule has 0 saturated carbocycles. The van der Waals surface area contributed by atoms with E-state index in [0.717, 1.165) is 6.26 Å². The van der Waals surface area contributed by atoms with Crippen LogP contribution in [-0.4, -0.2) is 46.9 Å². The first-order chi connectivity index (χ1) is 12.8. The van der Waals surface area contributed by atoms with Crippen molar-refractivity contribution in [3.63, 3.8) is 0 Å². The van der Waals surface area contributed by atoms with Gasteiger partial charge in [0.15, 0.2) is 9.84 Å². The highest BCUT2D eigenvalue weighted by Crippen LogP contribution is 2.26. The first-order valence-corrected chi connectivity index (χ1v) is 9.92. The standard InChI is InChI=1S/C18H18N2O6S/c1-25-15-8-3-12(11-16(15)27(2,23)24)17(21)19-13-4-6-14(7-5-13)20-9-10-26-18(20)22/h3-8,11H,9-10H2,1-2H3,(H,19,21). The van der Waals surface area contributed by atoms with E-state index >= 15 is 0 Å². The summed E-state index contributed by atoms with van der Waals surface area (Å²) in [4.78, 5) is 25.5. The maximum absolute atomic E-state index is 12.5. The third-order valence-corrected chi connectivity index (χ3v) is 5.14. The topological polar surface area (TPSA) is 102 Å². The second kappa shape index (κ2) is 7.28. The average Bonchev–Trinajstić information content (AvgIpc) is 3.07. The van der Waals surface area contributed by atoms with Crippen molar-refractivity contribution in [2.24, 2.45) is 0 Å². The minimum atomic E-state index is -3.55. The molecule has 0 aliphatic carbocycles. The fourth-order valence-corrected chi connectivity index (χ4v) is 3.52. The van der Waals surface area contributed by atoms with Crippen LogP contribution in [0.2, 0.25) is 0 Å². The summed E-state index contributed by atoms with van der Waals surface area (Å²) in [6.45, 7) is 0.822. The number of carbonyl (C=O) groups is 2. The molecule has 1 saturated heterocycles. The van der Waals surface area contributed by atoms with Gasteiger partial charge in [-0.2, -0.15) is 0 Å². The number of carbonyl (C=O) groups excluding carboxylic acids is 2. The highest BCUT2D eigenvalue weighted by molar-refractivity contribution is 7.90. The molecule has 1 fully saturated rings. The molecule has 1 aliphatic heterocycles. The van der Waals surface area contributed by atoms with Crippen LogP contribution in [0.5, 0.6) is 5.75 Å². The van der Waals surface area contributed by atoms with Crippen molar-refractivity contribution in [1.29, 1.82) is 0 Å². The Morgan fingerprint density at radius 1 is 1.19 bits per heavy atom. The Morgan fingerprint density at radius 3 is 2.44 bits per heavy atom. The predicted octanol–water partition coefficient (Wildman–Crippen LogP) is 2.31. The molecule has 27 heavy (non-hydrogen) atoms. The van der Waals surface area contributed by atoms with Crippen molar-refractivity contribution in [2.45, 2.75) is 4.90 Å². The van der Waals surface area contributed by atoms with E-state index in [4.69, 9.17) is 9.47 Å². The van der Waals surface area contributed by atoms with Gasteiger partial charge in [-0.25, -0.2) is 13.2 Å². The van der Waals surface area contributed by atoms with Gasteiger partial charge in [-0.15, -0.1) is 0 Å². The third kappa shape index (κ3) is 4.03. The number of hydrogen-bond acceptors (Lipinski definition) is 6. The molecular formula is C18H18N2O6S. The molecule has 0 spiro atoms. The normalized spacial score (nSPS) is 14.0. The first kappa shape index (κ1) is 18.7. The fourth-order valence-electron chi connectivity index (χ4n) is 2.66. The molecule has 142 valence electrons. The second-order valence-electron chi connectivity index (χ2n) is 5.90. The molecule has 9 heteroatoms. The number of nitrogens with one attached hydrogen (secondary N) is 1. The molecule has 2 aromatic rings. The number of nitrogens with zero attached hydrogens (tertiary/aromatic N) is 1. The van der Waals surface area contributed by atoms with Crippen LogP contribution in [0.1, 0.15) is 10.4 Å². The van der Waals surface area contributed by atoms with Crippen molar-refractivity contribution in [2.75, 3.05) is 36.7 Å². The van der Waals surface area contributed by atoms with Gasteiger partial charge in [0.2, 0.25) is 0 Å². The fraction of sp³-hybridized carbons (Fsp3) is 0.222. The lowest BCUT2D eigenvalue weighted by Crippen LogP contribution is -2.23. The average molecular weight is 390 g/mol. The molecule has 0 bridgehead atoms. The molecule has 1 N–H and O–H groups in total. The van der Waals surface area contributed by atoms with E-state index in [1.165, 1.54) is 30.2 Å². The number of methoxy groups -OCH3 is 1. The van der Waals surface area contributed by atoms with Crippen molar-refractivity contribution in [3.05, 3.63) is 48.0 Å². The van der Waals surface area contributed by atoms with Crippen molar-refractivity contribution in [1.82, 2.24) is 0 Å². The lowest BCUT2D eigenvalue weighted by molar-refractivity contribution is 0.102. The molecule has 2 amide bonds. The van der Waals surface area contributed by atoms with Gasteiger partial charge in [0, 0.05) is 23.2 Å². The van der Waals surface area contributed by atoms with Gasteiger partial charge in [-0.1, -0.05) is 0 Å². The number of rotatable bonds is 5. The highest BCUT2D eigenvalue weighted by Gasteiger charge is 2.23. The van der Waals surface area contributed by atoms with Crippen LogP contribution in [0, 0.1) is 0 Å². The SMILES string of the molecule is COc1ccc(C(=O)Nc2ccc(N3CCOC3=O)cc2)cc1S(C)(=O)=O. The van der Waals surface area contributed by atoms with Gasteiger partial charge < -0.3 is 14.8 Å². The molecule has 2 aromatic carbocycles. The Balaban J connectivity index is 1.78. The molecule has 8 nitrogen and oxygen atoms in total. The predicted molar refractivity (Wildman–Crippen MR) is 99.2 cm³/mol. The van der Waals surface area contributed by atoms with Crippen molar-refractivity contribution in [3.8, 4) is 5.75 Å². The number of amides is 2. The molecule has 0 atom stereocenters. The quantitative estimate of drug-likeness (QED) is 0.841. The summed E-state index contributed by atoms with van der Waals surface area (Å²) in [5.74, 6) is -0.285. The summed E-state index contributed by atoms with van der Waals surface area (Å²) in [5, 5.41) is 2.69. The smallest absolute Gasteiger partial charge is 0.414 e. The second-order valence-corrected chi connectivity index (χ2v) is 7.89. The van der Waals surface area contributed by atoms with E-state index < -0.39 is 21.8 Å². The minimum absolute atomic E-state index is 0.0551. The zero-order valence-electron chi connectivity index (χ0n) is 14.8. The van der Waals surface area contributed by atoms with Crippen LogP contribution in [0.4, 0.5) is 16.2 Å². The zero-order chi connectivity index (χ0) is 19.6. The molecule has 0 radical (unpaired) electrons. The number of hydrogen-bond donors (Lipinski definition) is 1. The first-order valence-electron chi connectivity index (χ1n) is 8.03. The Bertz CT molecular complexity index is 985. The van der Waals surface area contributed by atoms with E-state index in [1.54, 1.807) is 24.3 Å². The summed E-state index contributed by atoms with van der Waals surface area (Å²) < 4.78 is 33.7. The number of ether oxygens (including phenoxy) is 2. The number of sulfone groups is 1. The Morgan fingerprint density at radius 2 is 1.89 bits per heavy atom. The van der Waals surface area contributed by atoms with Crippen LogP contribution in [0.25, 0.3) is 0 Å². The zero-order valence-corrected chi connectivity index (χ0v) is 15.6. The van der Waals surface area contributed by atoms with Gasteiger partial charge in [0.25, 0.3) is 5.91 Å². The molecule has 0 unspecified atom stereocenters. The lowest BCUT2D eigenvalue weighted by atomic mass is 10.2. The summed E-state index contributed by atoms with van der Waals surface area (Å²) in [5.41, 5.74) is 1.36. The van der Waals surface area contributed by atoms with E-state index in [9.17, 15) is 18.0 Å². The molecule has 1 heterocycles. The third-order valence-electron chi connectivity index (χ3n) is 4.02. The lowest BCUT2D eigenvalue weighted by Gasteiger charge is -2.13. The number of anilines is 2. The molecule has 3 rings (SSSR count). The van der Waals surface area contributed by atoms with Crippen molar-refractivity contribution >= 4 is 33.2 Å². The van der Waals surface area contributed by atoms with Gasteiger partial charge in [0.1, 0.15) is 17.3 Å². The molecule has 0 aromatic heterocycles. The monoisotopic (exact) mass is 390 g/mol. The summed E-state index contributed by atoms with van der Waals surface area (Å²) in [6, 6.07) is 10.9. The maximum Gasteiger partial charge on any atom is 0.414 e. The molecule has 1 aliphatic rings. The summed E-state index contributed by atoms with van der Waals surface area (Å²) in [7, 11) is -2.19. The maximum atomic E-state index is 12.5. The molecular weight excluding hydrogens is 372 g/mol. The number of benzene rings is 2. The van der Waals surface area contributed by atoms with Gasteiger partial charge in [-0.05, 0) is 42.5 Å². The van der Waals surface area contributed by atoms with E-state index in [-0.39, 0.29) is 16.2 Å². The van der Waals surface area contributed by atoms with Crippen LogP contribution < -0.4 is 15.0 Å². The van der Waals surface area contributed by atoms with Crippen molar-refractivity contribution < 1.29 is 27.5 Å². The Labute approximate surface area is 156 Å². The van der Waals surface area contributed by atoms with Gasteiger partial charge in [0.05, 0.1) is 13.7 Å².